The molecule has 4 nitrogen and oxygen atoms in total. The Labute approximate surface area is 101 Å². The number of hydrogen-bond donors (Lipinski definition) is 2. The van der Waals surface area contributed by atoms with Crippen molar-refractivity contribution in [2.45, 2.75) is 33.1 Å². The van der Waals surface area contributed by atoms with E-state index < -0.39 is 0 Å². The Kier molecular flexibility index (Phi) is 3.64. The number of nitrogens with zero attached hydrogens (tertiary/aromatic N) is 1. The number of rotatable bonds is 5. The SMILES string of the molecule is Cc1cc(-c2cnc(CCCCN)[nH]2)c(C)o1. The van der Waals surface area contributed by atoms with Crippen molar-refractivity contribution in [2.75, 3.05) is 6.54 Å². The van der Waals surface area contributed by atoms with Crippen LogP contribution in [0.4, 0.5) is 0 Å². The zero-order chi connectivity index (χ0) is 12.3. The van der Waals surface area contributed by atoms with Crippen LogP contribution in [0.15, 0.2) is 16.7 Å². The van der Waals surface area contributed by atoms with Crippen LogP contribution in [0.3, 0.4) is 0 Å². The Morgan fingerprint density at radius 1 is 1.35 bits per heavy atom. The van der Waals surface area contributed by atoms with Crippen LogP contribution < -0.4 is 5.73 Å². The van der Waals surface area contributed by atoms with E-state index in [-0.39, 0.29) is 0 Å². The summed E-state index contributed by atoms with van der Waals surface area (Å²) in [6, 6.07) is 2.03. The van der Waals surface area contributed by atoms with Crippen LogP contribution in [0.5, 0.6) is 0 Å². The van der Waals surface area contributed by atoms with E-state index in [0.717, 1.165) is 54.4 Å². The van der Waals surface area contributed by atoms with Gasteiger partial charge in [0.25, 0.3) is 0 Å². The van der Waals surface area contributed by atoms with Gasteiger partial charge in [0.1, 0.15) is 17.3 Å². The van der Waals surface area contributed by atoms with Crippen LogP contribution in [0.1, 0.15) is 30.2 Å². The van der Waals surface area contributed by atoms with Crippen LogP contribution in [-0.2, 0) is 6.42 Å². The summed E-state index contributed by atoms with van der Waals surface area (Å²) in [5, 5.41) is 0. The molecule has 0 spiro atoms. The number of H-pyrrole nitrogens is 1. The number of furan rings is 1. The Morgan fingerprint density at radius 2 is 2.18 bits per heavy atom. The Morgan fingerprint density at radius 3 is 2.82 bits per heavy atom. The minimum Gasteiger partial charge on any atom is -0.466 e. The third-order valence-corrected chi connectivity index (χ3v) is 2.83. The van der Waals surface area contributed by atoms with Crippen molar-refractivity contribution in [1.82, 2.24) is 9.97 Å². The topological polar surface area (TPSA) is 67.8 Å². The van der Waals surface area contributed by atoms with Gasteiger partial charge >= 0.3 is 0 Å². The Hall–Kier alpha value is -1.55. The van der Waals surface area contributed by atoms with Crippen LogP contribution in [0.2, 0.25) is 0 Å². The van der Waals surface area contributed by atoms with Crippen molar-refractivity contribution < 1.29 is 4.42 Å². The second kappa shape index (κ2) is 5.19. The van der Waals surface area contributed by atoms with Crippen molar-refractivity contribution in [2.24, 2.45) is 5.73 Å². The van der Waals surface area contributed by atoms with Gasteiger partial charge in [-0.1, -0.05) is 0 Å². The average Bonchev–Trinajstić information content (AvgIpc) is 2.86. The molecule has 4 heteroatoms. The standard InChI is InChI=1S/C13H19N3O/c1-9-7-11(10(2)17-9)12-8-15-13(16-12)5-3-4-6-14/h7-8H,3-6,14H2,1-2H3,(H,15,16). The first-order valence-corrected chi connectivity index (χ1v) is 6.02. The van der Waals surface area contributed by atoms with Crippen LogP contribution in [-0.4, -0.2) is 16.5 Å². The minimum absolute atomic E-state index is 0.744. The summed E-state index contributed by atoms with van der Waals surface area (Å²) in [4.78, 5) is 7.71. The fraction of sp³-hybridized carbons (Fsp3) is 0.462. The summed E-state index contributed by atoms with van der Waals surface area (Å²) < 4.78 is 5.51. The van der Waals surface area contributed by atoms with Crippen LogP contribution in [0, 0.1) is 13.8 Å². The zero-order valence-corrected chi connectivity index (χ0v) is 10.4. The van der Waals surface area contributed by atoms with Gasteiger partial charge in [-0.3, -0.25) is 0 Å². The van der Waals surface area contributed by atoms with E-state index in [0.29, 0.717) is 0 Å². The molecular formula is C13H19N3O. The highest BCUT2D eigenvalue weighted by Crippen LogP contribution is 2.25. The predicted octanol–water partition coefficient (Wildman–Crippen LogP) is 2.57. The molecule has 2 rings (SSSR count). The number of aromatic nitrogens is 2. The van der Waals surface area contributed by atoms with Crippen molar-refractivity contribution in [3.8, 4) is 11.3 Å². The minimum atomic E-state index is 0.744. The Bertz CT molecular complexity index is 485. The number of nitrogens with one attached hydrogen (secondary N) is 1. The molecule has 0 radical (unpaired) electrons. The van der Waals surface area contributed by atoms with E-state index in [2.05, 4.69) is 9.97 Å². The molecule has 2 aromatic heterocycles. The summed E-state index contributed by atoms with van der Waals surface area (Å²) >= 11 is 0. The van der Waals surface area contributed by atoms with Gasteiger partial charge in [-0.05, 0) is 39.3 Å². The maximum absolute atomic E-state index is 5.51. The molecule has 0 atom stereocenters. The van der Waals surface area contributed by atoms with E-state index in [4.69, 9.17) is 10.2 Å². The van der Waals surface area contributed by atoms with E-state index in [1.807, 2.05) is 26.1 Å². The second-order valence-electron chi connectivity index (χ2n) is 4.32. The molecule has 0 saturated carbocycles. The van der Waals surface area contributed by atoms with Gasteiger partial charge in [-0.2, -0.15) is 0 Å². The van der Waals surface area contributed by atoms with E-state index in [1.54, 1.807) is 0 Å². The van der Waals surface area contributed by atoms with E-state index >= 15 is 0 Å². The molecule has 0 aliphatic rings. The number of imidazole rings is 1. The lowest BCUT2D eigenvalue weighted by molar-refractivity contribution is 0.505. The van der Waals surface area contributed by atoms with Crippen molar-refractivity contribution in [3.63, 3.8) is 0 Å². The van der Waals surface area contributed by atoms with Crippen LogP contribution >= 0.6 is 0 Å². The molecule has 0 bridgehead atoms. The monoisotopic (exact) mass is 233 g/mol. The molecule has 0 aromatic carbocycles. The van der Waals surface area contributed by atoms with Gasteiger partial charge in [0.05, 0.1) is 11.9 Å². The van der Waals surface area contributed by atoms with E-state index in [9.17, 15) is 0 Å². The smallest absolute Gasteiger partial charge is 0.110 e. The maximum Gasteiger partial charge on any atom is 0.110 e. The van der Waals surface area contributed by atoms with Crippen molar-refractivity contribution in [3.05, 3.63) is 29.6 Å². The van der Waals surface area contributed by atoms with Gasteiger partial charge in [-0.25, -0.2) is 4.98 Å². The summed E-state index contributed by atoms with van der Waals surface area (Å²) in [6.45, 7) is 4.67. The highest BCUT2D eigenvalue weighted by molar-refractivity contribution is 5.61. The molecule has 3 N–H and O–H groups in total. The van der Waals surface area contributed by atoms with Crippen molar-refractivity contribution >= 4 is 0 Å². The second-order valence-corrected chi connectivity index (χ2v) is 4.32. The number of unbranched alkanes of at least 4 members (excludes halogenated alkanes) is 1. The van der Waals surface area contributed by atoms with Crippen LogP contribution in [0.25, 0.3) is 11.3 Å². The summed E-state index contributed by atoms with van der Waals surface area (Å²) in [6.07, 6.45) is 4.94. The lowest BCUT2D eigenvalue weighted by atomic mass is 10.2. The third-order valence-electron chi connectivity index (χ3n) is 2.83. The quantitative estimate of drug-likeness (QED) is 0.780. The summed E-state index contributed by atoms with van der Waals surface area (Å²) in [7, 11) is 0. The first-order chi connectivity index (χ1) is 8.20. The molecule has 17 heavy (non-hydrogen) atoms. The van der Waals surface area contributed by atoms with Crippen molar-refractivity contribution in [1.29, 1.82) is 0 Å². The molecule has 0 amide bonds. The molecule has 2 aromatic rings. The third kappa shape index (κ3) is 2.77. The predicted molar refractivity (Wildman–Crippen MR) is 67.8 cm³/mol. The number of aryl methyl sites for hydroxylation is 3. The molecule has 0 saturated heterocycles. The van der Waals surface area contributed by atoms with Gasteiger partial charge in [0.15, 0.2) is 0 Å². The average molecular weight is 233 g/mol. The Balaban J connectivity index is 2.10. The highest BCUT2D eigenvalue weighted by Gasteiger charge is 2.09. The normalized spacial score (nSPS) is 11.0. The van der Waals surface area contributed by atoms with Gasteiger partial charge in [-0.15, -0.1) is 0 Å². The first-order valence-electron chi connectivity index (χ1n) is 6.02. The fourth-order valence-electron chi connectivity index (χ4n) is 1.96. The van der Waals surface area contributed by atoms with Gasteiger partial charge in [0.2, 0.25) is 0 Å². The molecule has 0 aliphatic carbocycles. The zero-order valence-electron chi connectivity index (χ0n) is 10.4. The molecule has 2 heterocycles. The maximum atomic E-state index is 5.51. The largest absolute Gasteiger partial charge is 0.466 e. The van der Waals surface area contributed by atoms with Gasteiger partial charge in [0, 0.05) is 12.0 Å². The summed E-state index contributed by atoms with van der Waals surface area (Å²) in [5.74, 6) is 2.88. The molecule has 92 valence electrons. The first kappa shape index (κ1) is 11.9. The number of nitrogens with two attached hydrogens (primary N) is 1. The number of hydrogen-bond acceptors (Lipinski definition) is 3. The summed E-state index contributed by atoms with van der Waals surface area (Å²) in [5.41, 5.74) is 7.60. The molecular weight excluding hydrogens is 214 g/mol. The van der Waals surface area contributed by atoms with E-state index in [1.165, 1.54) is 0 Å². The fourth-order valence-corrected chi connectivity index (χ4v) is 1.96. The lowest BCUT2D eigenvalue weighted by Gasteiger charge is -1.96. The lowest BCUT2D eigenvalue weighted by Crippen LogP contribution is -1.99. The van der Waals surface area contributed by atoms with Gasteiger partial charge < -0.3 is 15.1 Å². The highest BCUT2D eigenvalue weighted by atomic mass is 16.3. The molecule has 0 fully saturated rings. The number of aromatic amines is 1. The molecule has 0 aliphatic heterocycles. The molecule has 0 unspecified atom stereocenters.